The first-order chi connectivity index (χ1) is 14.7. The van der Waals surface area contributed by atoms with Gasteiger partial charge in [-0.25, -0.2) is 19.9 Å². The summed E-state index contributed by atoms with van der Waals surface area (Å²) in [7, 11) is 0. The summed E-state index contributed by atoms with van der Waals surface area (Å²) in [6, 6.07) is 13.2. The molecule has 1 atom stereocenters. The van der Waals surface area contributed by atoms with Gasteiger partial charge in [-0.3, -0.25) is 14.7 Å². The second kappa shape index (κ2) is 7.58. The van der Waals surface area contributed by atoms with Gasteiger partial charge in [0, 0.05) is 50.3 Å². The number of rotatable bonds is 2. The van der Waals surface area contributed by atoms with Crippen LogP contribution in [0.1, 0.15) is 17.4 Å². The maximum Gasteiger partial charge on any atom is 0.257 e. The highest BCUT2D eigenvalue weighted by Crippen LogP contribution is 2.26. The third kappa shape index (κ3) is 3.38. The summed E-state index contributed by atoms with van der Waals surface area (Å²) in [5.74, 6) is 2.00. The fourth-order valence-electron chi connectivity index (χ4n) is 3.82. The van der Waals surface area contributed by atoms with E-state index in [1.807, 2.05) is 43.3 Å². The minimum Gasteiger partial charge on any atom is -0.339 e. The number of hydrogen-bond acceptors (Lipinski definition) is 8. The van der Waals surface area contributed by atoms with Crippen LogP contribution in [0.2, 0.25) is 0 Å². The Hall–Kier alpha value is -3.75. The zero-order valence-corrected chi connectivity index (χ0v) is 16.6. The number of aryl methyl sites for hydroxylation is 1. The zero-order chi connectivity index (χ0) is 20.5. The standard InChI is InChI=1S/C21H22N8O/c1-15-14-17(30)29-18(16-6-3-2-4-7-16)25-20(26-21(29)24-15)28-12-10-27(11-13-28)19-22-8-5-9-23-19/h2-9,14,18H,10-13H2,1H3,(H,24,25,26)/t18-/m1/s1. The summed E-state index contributed by atoms with van der Waals surface area (Å²) < 4.78 is 1.61. The Morgan fingerprint density at radius 2 is 1.67 bits per heavy atom. The van der Waals surface area contributed by atoms with Crippen LogP contribution in [0.25, 0.3) is 0 Å². The maximum absolute atomic E-state index is 12.7. The first-order valence-corrected chi connectivity index (χ1v) is 9.96. The lowest BCUT2D eigenvalue weighted by Crippen LogP contribution is -2.52. The zero-order valence-electron chi connectivity index (χ0n) is 16.6. The van der Waals surface area contributed by atoms with Gasteiger partial charge in [-0.2, -0.15) is 0 Å². The van der Waals surface area contributed by atoms with Gasteiger partial charge in [0.05, 0.1) is 0 Å². The maximum atomic E-state index is 12.7. The van der Waals surface area contributed by atoms with Crippen molar-refractivity contribution in [2.24, 2.45) is 4.99 Å². The van der Waals surface area contributed by atoms with E-state index in [2.05, 4.69) is 30.1 Å². The van der Waals surface area contributed by atoms with Crippen LogP contribution >= 0.6 is 0 Å². The first kappa shape index (κ1) is 18.3. The van der Waals surface area contributed by atoms with Crippen LogP contribution < -0.4 is 15.8 Å². The molecule has 1 N–H and O–H groups in total. The molecule has 30 heavy (non-hydrogen) atoms. The number of nitrogens with one attached hydrogen (secondary N) is 1. The molecular formula is C21H22N8O. The molecule has 3 aromatic rings. The molecule has 0 bridgehead atoms. The lowest BCUT2D eigenvalue weighted by Gasteiger charge is -2.38. The van der Waals surface area contributed by atoms with Gasteiger partial charge in [0.2, 0.25) is 17.9 Å². The SMILES string of the molecule is Cc1cc(=O)n2c(n1)NC(N1CCN(c3ncccn3)CC1)=N[C@H]2c1ccccc1. The molecule has 152 valence electrons. The molecule has 2 aromatic heterocycles. The van der Waals surface area contributed by atoms with Crippen molar-refractivity contribution in [2.45, 2.75) is 13.1 Å². The van der Waals surface area contributed by atoms with Gasteiger partial charge in [0.1, 0.15) is 0 Å². The molecule has 1 aromatic carbocycles. The summed E-state index contributed by atoms with van der Waals surface area (Å²) in [4.78, 5) is 35.2. The molecule has 9 nitrogen and oxygen atoms in total. The summed E-state index contributed by atoms with van der Waals surface area (Å²) in [5.41, 5.74) is 1.51. The first-order valence-electron chi connectivity index (χ1n) is 9.96. The third-order valence-corrected chi connectivity index (χ3v) is 5.30. The molecule has 1 saturated heterocycles. The number of piperazine rings is 1. The van der Waals surface area contributed by atoms with E-state index in [-0.39, 0.29) is 5.56 Å². The van der Waals surface area contributed by atoms with Crippen LogP contribution in [0.5, 0.6) is 0 Å². The number of aromatic nitrogens is 4. The summed E-state index contributed by atoms with van der Waals surface area (Å²) >= 11 is 0. The Morgan fingerprint density at radius 1 is 0.967 bits per heavy atom. The van der Waals surface area contributed by atoms with Crippen molar-refractivity contribution in [1.82, 2.24) is 24.4 Å². The van der Waals surface area contributed by atoms with Gasteiger partial charge in [-0.15, -0.1) is 0 Å². The lowest BCUT2D eigenvalue weighted by molar-refractivity contribution is 0.374. The molecule has 0 unspecified atom stereocenters. The predicted octanol–water partition coefficient (Wildman–Crippen LogP) is 1.49. The number of hydrogen-bond donors (Lipinski definition) is 1. The van der Waals surface area contributed by atoms with Gasteiger partial charge in [-0.1, -0.05) is 30.3 Å². The van der Waals surface area contributed by atoms with E-state index < -0.39 is 6.17 Å². The Balaban J connectivity index is 1.45. The van der Waals surface area contributed by atoms with Crippen LogP contribution in [-0.4, -0.2) is 56.6 Å². The molecule has 1 fully saturated rings. The molecule has 0 aliphatic carbocycles. The number of nitrogens with zero attached hydrogens (tertiary/aromatic N) is 7. The van der Waals surface area contributed by atoms with Crippen molar-refractivity contribution in [3.05, 3.63) is 76.5 Å². The molecule has 2 aliphatic heterocycles. The van der Waals surface area contributed by atoms with Crippen molar-refractivity contribution in [2.75, 3.05) is 36.4 Å². The number of guanidine groups is 1. The Bertz CT molecular complexity index is 1120. The van der Waals surface area contributed by atoms with E-state index in [1.54, 1.807) is 23.0 Å². The Labute approximate surface area is 173 Å². The van der Waals surface area contributed by atoms with E-state index in [0.29, 0.717) is 11.6 Å². The molecule has 0 spiro atoms. The van der Waals surface area contributed by atoms with E-state index in [4.69, 9.17) is 4.99 Å². The highest BCUT2D eigenvalue weighted by molar-refractivity contribution is 5.93. The molecule has 0 radical (unpaired) electrons. The van der Waals surface area contributed by atoms with E-state index in [1.165, 1.54) is 0 Å². The number of aliphatic imine (C=N–C) groups is 1. The second-order valence-corrected chi connectivity index (χ2v) is 7.31. The monoisotopic (exact) mass is 402 g/mol. The molecule has 0 saturated carbocycles. The minimum absolute atomic E-state index is 0.118. The Morgan fingerprint density at radius 3 is 2.40 bits per heavy atom. The van der Waals surface area contributed by atoms with Crippen LogP contribution in [0.4, 0.5) is 11.9 Å². The number of fused-ring (bicyclic) bond motifs is 1. The summed E-state index contributed by atoms with van der Waals surface area (Å²) in [6.07, 6.45) is 3.07. The van der Waals surface area contributed by atoms with E-state index in [9.17, 15) is 4.79 Å². The van der Waals surface area contributed by atoms with Crippen LogP contribution in [0, 0.1) is 6.92 Å². The van der Waals surface area contributed by atoms with Crippen molar-refractivity contribution in [3.8, 4) is 0 Å². The largest absolute Gasteiger partial charge is 0.339 e. The van der Waals surface area contributed by atoms with Crippen LogP contribution in [-0.2, 0) is 0 Å². The highest BCUT2D eigenvalue weighted by atomic mass is 16.1. The second-order valence-electron chi connectivity index (χ2n) is 7.31. The minimum atomic E-state index is -0.450. The van der Waals surface area contributed by atoms with Gasteiger partial charge in [0.15, 0.2) is 6.17 Å². The summed E-state index contributed by atoms with van der Waals surface area (Å²) in [6.45, 7) is 4.93. The van der Waals surface area contributed by atoms with Crippen LogP contribution in [0.3, 0.4) is 0 Å². The number of anilines is 2. The predicted molar refractivity (Wildman–Crippen MR) is 115 cm³/mol. The molecule has 5 rings (SSSR count). The molecule has 0 amide bonds. The highest BCUT2D eigenvalue weighted by Gasteiger charge is 2.29. The van der Waals surface area contributed by atoms with E-state index >= 15 is 0 Å². The van der Waals surface area contributed by atoms with Crippen molar-refractivity contribution in [3.63, 3.8) is 0 Å². The topological polar surface area (TPSA) is 91.5 Å². The Kier molecular flexibility index (Phi) is 4.62. The van der Waals surface area contributed by atoms with Gasteiger partial charge >= 0.3 is 0 Å². The molecule has 2 aliphatic rings. The van der Waals surface area contributed by atoms with Crippen molar-refractivity contribution < 1.29 is 0 Å². The third-order valence-electron chi connectivity index (χ3n) is 5.30. The van der Waals surface area contributed by atoms with Gasteiger partial charge in [-0.05, 0) is 18.6 Å². The van der Waals surface area contributed by atoms with Gasteiger partial charge in [0.25, 0.3) is 5.56 Å². The average molecular weight is 402 g/mol. The number of benzene rings is 1. The van der Waals surface area contributed by atoms with Crippen LogP contribution in [0.15, 0.2) is 64.6 Å². The van der Waals surface area contributed by atoms with E-state index in [0.717, 1.165) is 43.7 Å². The molecule has 4 heterocycles. The molecular weight excluding hydrogens is 380 g/mol. The molecule has 9 heteroatoms. The van der Waals surface area contributed by atoms with Crippen molar-refractivity contribution >= 4 is 17.9 Å². The quantitative estimate of drug-likeness (QED) is 0.694. The normalized spacial score (nSPS) is 18.4. The summed E-state index contributed by atoms with van der Waals surface area (Å²) in [5, 5.41) is 3.28. The lowest BCUT2D eigenvalue weighted by atomic mass is 10.1. The average Bonchev–Trinajstić information content (AvgIpc) is 2.79. The fraction of sp³-hybridized carbons (Fsp3) is 0.286. The fourth-order valence-corrected chi connectivity index (χ4v) is 3.82. The smallest absolute Gasteiger partial charge is 0.257 e. The van der Waals surface area contributed by atoms with Crippen molar-refractivity contribution in [1.29, 1.82) is 0 Å². The van der Waals surface area contributed by atoms with Gasteiger partial charge < -0.3 is 9.80 Å².